The highest BCUT2D eigenvalue weighted by Crippen LogP contribution is 2.21. The van der Waals surface area contributed by atoms with Gasteiger partial charge in [0.2, 0.25) is 0 Å². The highest BCUT2D eigenvalue weighted by molar-refractivity contribution is 5.86. The lowest BCUT2D eigenvalue weighted by atomic mass is 10.1. The molecule has 0 fully saturated rings. The van der Waals surface area contributed by atoms with E-state index in [-0.39, 0.29) is 6.04 Å². The maximum atomic E-state index is 5.69. The van der Waals surface area contributed by atoms with Crippen LogP contribution in [0.25, 0.3) is 17.0 Å². The normalized spacial score (nSPS) is 13.6. The van der Waals surface area contributed by atoms with Gasteiger partial charge in [0.25, 0.3) is 0 Å². The SMILES string of the molecule is CC(N)CC/C=C/c1coc2ccccc12. The third-order valence-corrected chi connectivity index (χ3v) is 2.60. The molecule has 1 heterocycles. The first-order chi connectivity index (χ1) is 7.77. The molecule has 2 rings (SSSR count). The summed E-state index contributed by atoms with van der Waals surface area (Å²) in [5.74, 6) is 0. The number of nitrogens with two attached hydrogens (primary N) is 1. The summed E-state index contributed by atoms with van der Waals surface area (Å²) in [7, 11) is 0. The first-order valence-corrected chi connectivity index (χ1v) is 5.66. The van der Waals surface area contributed by atoms with Gasteiger partial charge in [-0.1, -0.05) is 30.4 Å². The van der Waals surface area contributed by atoms with Gasteiger partial charge < -0.3 is 10.2 Å². The van der Waals surface area contributed by atoms with E-state index >= 15 is 0 Å². The smallest absolute Gasteiger partial charge is 0.134 e. The summed E-state index contributed by atoms with van der Waals surface area (Å²) in [4.78, 5) is 0. The number of rotatable bonds is 4. The van der Waals surface area contributed by atoms with E-state index < -0.39 is 0 Å². The zero-order chi connectivity index (χ0) is 11.4. The zero-order valence-electron chi connectivity index (χ0n) is 9.52. The lowest BCUT2D eigenvalue weighted by molar-refractivity contribution is 0.615. The second-order valence-electron chi connectivity index (χ2n) is 4.14. The fourth-order valence-corrected chi connectivity index (χ4v) is 1.70. The molecule has 0 saturated carbocycles. The molecule has 1 aromatic carbocycles. The number of furan rings is 1. The van der Waals surface area contributed by atoms with Crippen LogP contribution < -0.4 is 5.73 Å². The highest BCUT2D eigenvalue weighted by Gasteiger charge is 2.00. The predicted octanol–water partition coefficient (Wildman–Crippen LogP) is 3.57. The van der Waals surface area contributed by atoms with E-state index in [0.29, 0.717) is 0 Å². The van der Waals surface area contributed by atoms with Crippen molar-refractivity contribution in [2.24, 2.45) is 5.73 Å². The maximum absolute atomic E-state index is 5.69. The molecule has 84 valence electrons. The van der Waals surface area contributed by atoms with Gasteiger partial charge in [-0.25, -0.2) is 0 Å². The molecule has 16 heavy (non-hydrogen) atoms. The van der Waals surface area contributed by atoms with Crippen molar-refractivity contribution in [1.29, 1.82) is 0 Å². The molecule has 0 radical (unpaired) electrons. The van der Waals surface area contributed by atoms with Crippen LogP contribution in [-0.4, -0.2) is 6.04 Å². The topological polar surface area (TPSA) is 39.2 Å². The highest BCUT2D eigenvalue weighted by atomic mass is 16.3. The van der Waals surface area contributed by atoms with Crippen LogP contribution in [0.1, 0.15) is 25.3 Å². The van der Waals surface area contributed by atoms with Crippen molar-refractivity contribution in [3.63, 3.8) is 0 Å². The molecule has 2 aromatic rings. The van der Waals surface area contributed by atoms with Crippen molar-refractivity contribution in [3.05, 3.63) is 42.2 Å². The molecule has 0 aliphatic carbocycles. The lowest BCUT2D eigenvalue weighted by Crippen LogP contribution is -2.13. The average Bonchev–Trinajstić information content (AvgIpc) is 2.68. The second-order valence-corrected chi connectivity index (χ2v) is 4.14. The van der Waals surface area contributed by atoms with Crippen LogP contribution in [0.2, 0.25) is 0 Å². The van der Waals surface area contributed by atoms with Crippen LogP contribution in [0.3, 0.4) is 0 Å². The fraction of sp³-hybridized carbons (Fsp3) is 0.286. The van der Waals surface area contributed by atoms with E-state index in [4.69, 9.17) is 10.2 Å². The predicted molar refractivity (Wildman–Crippen MR) is 68.1 cm³/mol. The lowest BCUT2D eigenvalue weighted by Gasteiger charge is -1.99. The van der Waals surface area contributed by atoms with Crippen molar-refractivity contribution in [2.75, 3.05) is 0 Å². The summed E-state index contributed by atoms with van der Waals surface area (Å²) in [6.07, 6.45) is 8.09. The van der Waals surface area contributed by atoms with Gasteiger partial charge in [0.15, 0.2) is 0 Å². The molecule has 1 unspecified atom stereocenters. The van der Waals surface area contributed by atoms with E-state index in [9.17, 15) is 0 Å². The van der Waals surface area contributed by atoms with Gasteiger partial charge in [-0.05, 0) is 25.8 Å². The summed E-state index contributed by atoms with van der Waals surface area (Å²) in [6, 6.07) is 8.33. The molecule has 0 saturated heterocycles. The average molecular weight is 215 g/mol. The number of para-hydroxylation sites is 1. The Kier molecular flexibility index (Phi) is 3.42. The summed E-state index contributed by atoms with van der Waals surface area (Å²) >= 11 is 0. The van der Waals surface area contributed by atoms with Crippen LogP contribution in [0.5, 0.6) is 0 Å². The van der Waals surface area contributed by atoms with E-state index in [1.165, 1.54) is 5.39 Å². The van der Waals surface area contributed by atoms with Gasteiger partial charge in [-0.15, -0.1) is 0 Å². The number of fused-ring (bicyclic) bond motifs is 1. The minimum absolute atomic E-state index is 0.269. The quantitative estimate of drug-likeness (QED) is 0.846. The molecule has 0 aliphatic heterocycles. The first-order valence-electron chi connectivity index (χ1n) is 5.66. The van der Waals surface area contributed by atoms with Crippen molar-refractivity contribution in [3.8, 4) is 0 Å². The Bertz CT molecular complexity index is 482. The third-order valence-electron chi connectivity index (χ3n) is 2.60. The van der Waals surface area contributed by atoms with Crippen LogP contribution in [0, 0.1) is 0 Å². The Morgan fingerprint density at radius 2 is 2.19 bits per heavy atom. The standard InChI is InChI=1S/C14H17NO/c1-11(15)6-2-3-7-12-10-16-14-9-5-4-8-13(12)14/h3-5,7-11H,2,6,15H2,1H3/b7-3+. The molecular formula is C14H17NO. The van der Waals surface area contributed by atoms with Gasteiger partial charge in [-0.2, -0.15) is 0 Å². The molecule has 1 atom stereocenters. The minimum atomic E-state index is 0.269. The Morgan fingerprint density at radius 3 is 3.00 bits per heavy atom. The number of benzene rings is 1. The molecule has 0 amide bonds. The van der Waals surface area contributed by atoms with Crippen molar-refractivity contribution in [1.82, 2.24) is 0 Å². The Labute approximate surface area is 95.7 Å². The number of hydrogen-bond acceptors (Lipinski definition) is 2. The van der Waals surface area contributed by atoms with Crippen LogP contribution >= 0.6 is 0 Å². The van der Waals surface area contributed by atoms with E-state index in [1.807, 2.05) is 25.1 Å². The fourth-order valence-electron chi connectivity index (χ4n) is 1.70. The Balaban J connectivity index is 2.09. The van der Waals surface area contributed by atoms with Gasteiger partial charge in [-0.3, -0.25) is 0 Å². The summed E-state index contributed by atoms with van der Waals surface area (Å²) in [5, 5.41) is 1.17. The van der Waals surface area contributed by atoms with E-state index in [0.717, 1.165) is 24.0 Å². The summed E-state index contributed by atoms with van der Waals surface area (Å²) in [6.45, 7) is 2.03. The van der Waals surface area contributed by atoms with Crippen molar-refractivity contribution in [2.45, 2.75) is 25.8 Å². The molecule has 0 bridgehead atoms. The number of hydrogen-bond donors (Lipinski definition) is 1. The first kappa shape index (κ1) is 11.0. The summed E-state index contributed by atoms with van der Waals surface area (Å²) < 4.78 is 5.45. The van der Waals surface area contributed by atoms with Gasteiger partial charge in [0.05, 0.1) is 6.26 Å². The van der Waals surface area contributed by atoms with Gasteiger partial charge in [0.1, 0.15) is 5.58 Å². The molecule has 2 heteroatoms. The minimum Gasteiger partial charge on any atom is -0.464 e. The summed E-state index contributed by atoms with van der Waals surface area (Å²) in [5.41, 5.74) is 7.77. The zero-order valence-corrected chi connectivity index (χ0v) is 9.52. The van der Waals surface area contributed by atoms with Crippen LogP contribution in [0.15, 0.2) is 41.0 Å². The van der Waals surface area contributed by atoms with Crippen LogP contribution in [-0.2, 0) is 0 Å². The Morgan fingerprint density at radius 1 is 1.38 bits per heavy atom. The molecule has 0 aliphatic rings. The Hall–Kier alpha value is -1.54. The molecule has 0 spiro atoms. The third kappa shape index (κ3) is 2.52. The maximum Gasteiger partial charge on any atom is 0.134 e. The number of allylic oxidation sites excluding steroid dienone is 1. The van der Waals surface area contributed by atoms with Crippen molar-refractivity contribution >= 4 is 17.0 Å². The van der Waals surface area contributed by atoms with Gasteiger partial charge >= 0.3 is 0 Å². The van der Waals surface area contributed by atoms with Gasteiger partial charge in [0, 0.05) is 17.0 Å². The van der Waals surface area contributed by atoms with E-state index in [2.05, 4.69) is 18.2 Å². The molecule has 1 aromatic heterocycles. The molecule has 2 nitrogen and oxygen atoms in total. The van der Waals surface area contributed by atoms with E-state index in [1.54, 1.807) is 6.26 Å². The largest absolute Gasteiger partial charge is 0.464 e. The van der Waals surface area contributed by atoms with Crippen molar-refractivity contribution < 1.29 is 4.42 Å². The van der Waals surface area contributed by atoms with Crippen LogP contribution in [0.4, 0.5) is 0 Å². The molecular weight excluding hydrogens is 198 g/mol. The second kappa shape index (κ2) is 4.99. The molecule has 2 N–H and O–H groups in total. The monoisotopic (exact) mass is 215 g/mol.